The highest BCUT2D eigenvalue weighted by Crippen LogP contribution is 2.19. The zero-order valence-electron chi connectivity index (χ0n) is 10.4. The smallest absolute Gasteiger partial charge is 0.170 e. The minimum absolute atomic E-state index is 0.219. The van der Waals surface area contributed by atoms with Crippen LogP contribution in [0.15, 0.2) is 48.8 Å². The van der Waals surface area contributed by atoms with Crippen molar-refractivity contribution in [3.8, 4) is 0 Å². The Labute approximate surface area is 125 Å². The quantitative estimate of drug-likeness (QED) is 0.724. The van der Waals surface area contributed by atoms with Crippen molar-refractivity contribution in [2.75, 3.05) is 5.32 Å². The third-order valence-electron chi connectivity index (χ3n) is 2.99. The van der Waals surface area contributed by atoms with Crippen molar-refractivity contribution >= 4 is 34.1 Å². The maximum Gasteiger partial charge on any atom is 0.170 e. The van der Waals surface area contributed by atoms with Crippen LogP contribution in [0.25, 0.3) is 5.65 Å². The summed E-state index contributed by atoms with van der Waals surface area (Å²) in [4.78, 5) is 4.58. The van der Waals surface area contributed by atoms with Gasteiger partial charge in [0.05, 0.1) is 9.77 Å². The summed E-state index contributed by atoms with van der Waals surface area (Å²) in [7, 11) is 0. The van der Waals surface area contributed by atoms with Gasteiger partial charge in [0.2, 0.25) is 0 Å². The third-order valence-corrected chi connectivity index (χ3v) is 3.75. The summed E-state index contributed by atoms with van der Waals surface area (Å²) in [6, 6.07) is 12.5. The van der Waals surface area contributed by atoms with Crippen LogP contribution in [0, 0.1) is 3.57 Å². The Balaban J connectivity index is 1.87. The van der Waals surface area contributed by atoms with Crippen LogP contribution in [0.3, 0.4) is 0 Å². The van der Waals surface area contributed by atoms with Crippen molar-refractivity contribution in [1.29, 1.82) is 0 Å². The van der Waals surface area contributed by atoms with Crippen molar-refractivity contribution in [2.45, 2.75) is 13.0 Å². The Morgan fingerprint density at radius 1 is 1.21 bits per heavy atom. The van der Waals surface area contributed by atoms with Crippen LogP contribution in [-0.2, 0) is 0 Å². The molecule has 0 saturated carbocycles. The summed E-state index contributed by atoms with van der Waals surface area (Å²) < 4.78 is 2.83. The van der Waals surface area contributed by atoms with Crippen molar-refractivity contribution in [2.24, 2.45) is 0 Å². The van der Waals surface area contributed by atoms with E-state index in [0.717, 1.165) is 15.0 Å². The maximum atomic E-state index is 4.58. The molecule has 0 aliphatic rings. The molecule has 2 aromatic heterocycles. The predicted molar refractivity (Wildman–Crippen MR) is 84.2 cm³/mol. The molecule has 3 aromatic rings. The second kappa shape index (κ2) is 5.16. The fourth-order valence-corrected chi connectivity index (χ4v) is 2.46. The third kappa shape index (κ3) is 2.56. The Hall–Kier alpha value is -1.63. The number of nitrogens with one attached hydrogen (secondary N) is 1. The highest BCUT2D eigenvalue weighted by atomic mass is 127. The Bertz CT molecular complexity index is 693. The Kier molecular flexibility index (Phi) is 3.37. The molecule has 0 bridgehead atoms. The van der Waals surface area contributed by atoms with Crippen LogP contribution in [0.4, 0.5) is 5.82 Å². The van der Waals surface area contributed by atoms with E-state index in [1.807, 2.05) is 36.7 Å². The number of hydrogen-bond donors (Lipinski definition) is 1. The Morgan fingerprint density at radius 3 is 2.79 bits per heavy atom. The molecule has 96 valence electrons. The molecule has 4 nitrogen and oxygen atoms in total. The summed E-state index contributed by atoms with van der Waals surface area (Å²) in [6.45, 7) is 2.13. The Morgan fingerprint density at radius 2 is 2.00 bits per heavy atom. The molecule has 0 saturated heterocycles. The first-order valence-electron chi connectivity index (χ1n) is 6.05. The number of fused-ring (bicyclic) bond motifs is 1. The summed E-state index contributed by atoms with van der Waals surface area (Å²) in [6.07, 6.45) is 3.73. The van der Waals surface area contributed by atoms with Gasteiger partial charge in [-0.1, -0.05) is 30.3 Å². The minimum atomic E-state index is 0.219. The molecule has 3 rings (SSSR count). The van der Waals surface area contributed by atoms with E-state index in [0.29, 0.717) is 0 Å². The highest BCUT2D eigenvalue weighted by Gasteiger charge is 2.07. The highest BCUT2D eigenvalue weighted by molar-refractivity contribution is 14.1. The second-order valence-electron chi connectivity index (χ2n) is 4.35. The van der Waals surface area contributed by atoms with E-state index in [9.17, 15) is 0 Å². The van der Waals surface area contributed by atoms with Gasteiger partial charge in [0.1, 0.15) is 5.82 Å². The van der Waals surface area contributed by atoms with Crippen LogP contribution in [0.2, 0.25) is 0 Å². The van der Waals surface area contributed by atoms with Crippen molar-refractivity contribution in [3.63, 3.8) is 0 Å². The lowest BCUT2D eigenvalue weighted by Crippen LogP contribution is -2.08. The SMILES string of the molecule is CC(Nc1ccn2ncc(I)c2n1)c1ccccc1. The van der Waals surface area contributed by atoms with E-state index >= 15 is 0 Å². The number of nitrogens with zero attached hydrogens (tertiary/aromatic N) is 3. The van der Waals surface area contributed by atoms with Crippen LogP contribution in [0.1, 0.15) is 18.5 Å². The van der Waals surface area contributed by atoms with Crippen LogP contribution >= 0.6 is 22.6 Å². The average molecular weight is 364 g/mol. The largest absolute Gasteiger partial charge is 0.363 e. The fraction of sp³-hybridized carbons (Fsp3) is 0.143. The number of hydrogen-bond acceptors (Lipinski definition) is 3. The summed E-state index contributed by atoms with van der Waals surface area (Å²) in [5, 5.41) is 7.63. The van der Waals surface area contributed by atoms with E-state index in [1.54, 1.807) is 4.52 Å². The molecule has 19 heavy (non-hydrogen) atoms. The monoisotopic (exact) mass is 364 g/mol. The summed E-state index contributed by atoms with van der Waals surface area (Å²) in [5.41, 5.74) is 2.12. The lowest BCUT2D eigenvalue weighted by atomic mass is 10.1. The van der Waals surface area contributed by atoms with Gasteiger partial charge < -0.3 is 5.32 Å². The molecule has 0 fully saturated rings. The molecule has 1 aromatic carbocycles. The van der Waals surface area contributed by atoms with Gasteiger partial charge in [-0.05, 0) is 41.1 Å². The topological polar surface area (TPSA) is 42.2 Å². The summed E-state index contributed by atoms with van der Waals surface area (Å²) in [5.74, 6) is 0.863. The molecule has 0 aliphatic heterocycles. The molecule has 0 amide bonds. The molecule has 0 aliphatic carbocycles. The standard InChI is InChI=1S/C14H13IN4/c1-10(11-5-3-2-4-6-11)17-13-7-8-19-14(18-13)12(15)9-16-19/h2-10H,1H3,(H,17,18). The van der Waals surface area contributed by atoms with Crippen molar-refractivity contribution < 1.29 is 0 Å². The zero-order valence-corrected chi connectivity index (χ0v) is 12.6. The molecule has 0 spiro atoms. The van der Waals surface area contributed by atoms with Gasteiger partial charge in [-0.3, -0.25) is 0 Å². The average Bonchev–Trinajstić information content (AvgIpc) is 2.81. The lowest BCUT2D eigenvalue weighted by molar-refractivity contribution is 0.867. The van der Waals surface area contributed by atoms with Gasteiger partial charge >= 0.3 is 0 Å². The van der Waals surface area contributed by atoms with Gasteiger partial charge in [-0.15, -0.1) is 0 Å². The van der Waals surface area contributed by atoms with Crippen molar-refractivity contribution in [3.05, 3.63) is 57.9 Å². The normalized spacial score (nSPS) is 12.5. The van der Waals surface area contributed by atoms with Gasteiger partial charge in [-0.2, -0.15) is 5.10 Å². The van der Waals surface area contributed by atoms with Crippen LogP contribution < -0.4 is 5.32 Å². The van der Waals surface area contributed by atoms with Gasteiger partial charge in [0.25, 0.3) is 0 Å². The number of benzene rings is 1. The molecular weight excluding hydrogens is 351 g/mol. The molecular formula is C14H13IN4. The molecule has 0 radical (unpaired) electrons. The predicted octanol–water partition coefficient (Wildman–Crippen LogP) is 3.51. The number of anilines is 1. The first-order valence-corrected chi connectivity index (χ1v) is 7.13. The van der Waals surface area contributed by atoms with Gasteiger partial charge in [0, 0.05) is 12.2 Å². The van der Waals surface area contributed by atoms with Crippen molar-refractivity contribution in [1.82, 2.24) is 14.6 Å². The molecule has 2 heterocycles. The zero-order chi connectivity index (χ0) is 13.2. The fourth-order valence-electron chi connectivity index (χ4n) is 1.97. The summed E-state index contributed by atoms with van der Waals surface area (Å²) >= 11 is 2.24. The molecule has 1 unspecified atom stereocenters. The second-order valence-corrected chi connectivity index (χ2v) is 5.51. The molecule has 1 N–H and O–H groups in total. The molecule has 5 heteroatoms. The first-order chi connectivity index (χ1) is 9.24. The lowest BCUT2D eigenvalue weighted by Gasteiger charge is -2.14. The number of halogens is 1. The van der Waals surface area contributed by atoms with Crippen LogP contribution in [-0.4, -0.2) is 14.6 Å². The maximum absolute atomic E-state index is 4.58. The number of rotatable bonds is 3. The van der Waals surface area contributed by atoms with E-state index in [1.165, 1.54) is 5.56 Å². The van der Waals surface area contributed by atoms with E-state index in [4.69, 9.17) is 0 Å². The molecule has 1 atom stereocenters. The van der Waals surface area contributed by atoms with E-state index in [2.05, 4.69) is 57.0 Å². The van der Waals surface area contributed by atoms with E-state index < -0.39 is 0 Å². The van der Waals surface area contributed by atoms with E-state index in [-0.39, 0.29) is 6.04 Å². The van der Waals surface area contributed by atoms with Gasteiger partial charge in [0.15, 0.2) is 5.65 Å². The minimum Gasteiger partial charge on any atom is -0.363 e. The van der Waals surface area contributed by atoms with Gasteiger partial charge in [-0.25, -0.2) is 9.50 Å². The number of aromatic nitrogens is 3. The van der Waals surface area contributed by atoms with Crippen LogP contribution in [0.5, 0.6) is 0 Å². The first kappa shape index (κ1) is 12.4.